The van der Waals surface area contributed by atoms with Crippen LogP contribution in [0.1, 0.15) is 34.1 Å². The number of nitrogens with zero attached hydrogens (tertiary/aromatic N) is 2. The smallest absolute Gasteiger partial charge is 0.417 e. The first kappa shape index (κ1) is 16.2. The highest BCUT2D eigenvalue weighted by molar-refractivity contribution is 6.23. The number of imide groups is 1. The lowest BCUT2D eigenvalue weighted by molar-refractivity contribution is -0.134. The van der Waals surface area contributed by atoms with Crippen molar-refractivity contribution in [1.29, 1.82) is 0 Å². The minimum absolute atomic E-state index is 0.0129. The molecule has 1 rings (SSSR count). The molecule has 0 bridgehead atoms. The molecule has 1 unspecified atom stereocenters. The van der Waals surface area contributed by atoms with Crippen LogP contribution in [0.25, 0.3) is 0 Å². The average molecular weight is 282 g/mol. The van der Waals surface area contributed by atoms with E-state index in [0.29, 0.717) is 0 Å². The summed E-state index contributed by atoms with van der Waals surface area (Å²) in [6.45, 7) is 6.84. The highest BCUT2D eigenvalue weighted by Crippen LogP contribution is 2.22. The van der Waals surface area contributed by atoms with Crippen molar-refractivity contribution in [2.45, 2.75) is 45.8 Å². The molecule has 0 radical (unpaired) electrons. The van der Waals surface area contributed by atoms with Gasteiger partial charge >= 0.3 is 6.09 Å². The number of carbonyl (C=O) groups excluding carboxylic acids is 3. The van der Waals surface area contributed by atoms with Crippen molar-refractivity contribution in [3.63, 3.8) is 0 Å². The number of hydrogen-bond acceptors (Lipinski definition) is 5. The summed E-state index contributed by atoms with van der Waals surface area (Å²) in [7, 11) is 3.42. The van der Waals surface area contributed by atoms with E-state index in [0.717, 1.165) is 4.90 Å². The van der Waals surface area contributed by atoms with Crippen molar-refractivity contribution in [2.75, 3.05) is 14.1 Å². The van der Waals surface area contributed by atoms with Crippen LogP contribution in [-0.4, -0.2) is 53.3 Å². The fourth-order valence-electron chi connectivity index (χ4n) is 1.88. The van der Waals surface area contributed by atoms with Crippen LogP contribution < -0.4 is 0 Å². The van der Waals surface area contributed by atoms with E-state index in [1.165, 1.54) is 6.20 Å². The Morgan fingerprint density at radius 2 is 1.90 bits per heavy atom. The lowest BCUT2D eigenvalue weighted by Gasteiger charge is -2.33. The molecule has 0 N–H and O–H groups in total. The molecule has 1 aliphatic rings. The maximum absolute atomic E-state index is 12.3. The number of rotatable bonds is 1. The molecule has 0 aliphatic carbocycles. The molecule has 6 nitrogen and oxygen atoms in total. The third kappa shape index (κ3) is 3.82. The molecule has 1 saturated heterocycles. The Morgan fingerprint density at radius 1 is 1.35 bits per heavy atom. The van der Waals surface area contributed by atoms with Gasteiger partial charge in [0.1, 0.15) is 5.60 Å². The largest absolute Gasteiger partial charge is 0.443 e. The number of carbonyl (C=O) groups is 3. The van der Waals surface area contributed by atoms with Crippen LogP contribution in [0.2, 0.25) is 0 Å². The van der Waals surface area contributed by atoms with Crippen LogP contribution in [0.3, 0.4) is 0 Å². The summed E-state index contributed by atoms with van der Waals surface area (Å²) in [5.41, 5.74) is -0.678. The van der Waals surface area contributed by atoms with Crippen molar-refractivity contribution in [1.82, 2.24) is 9.80 Å². The molecule has 0 saturated carbocycles. The number of ketones is 1. The number of amides is 2. The molecular formula is C14H22N2O4. The van der Waals surface area contributed by atoms with Crippen molar-refractivity contribution in [2.24, 2.45) is 0 Å². The van der Waals surface area contributed by atoms with Gasteiger partial charge in [-0.05, 0) is 27.7 Å². The molecule has 1 fully saturated rings. The summed E-state index contributed by atoms with van der Waals surface area (Å²) in [6, 6.07) is -0.496. The van der Waals surface area contributed by atoms with Gasteiger partial charge in [0.25, 0.3) is 5.91 Å². The molecule has 20 heavy (non-hydrogen) atoms. The van der Waals surface area contributed by atoms with Gasteiger partial charge in [-0.25, -0.2) is 9.69 Å². The van der Waals surface area contributed by atoms with Crippen LogP contribution in [0.15, 0.2) is 11.8 Å². The third-order valence-corrected chi connectivity index (χ3v) is 2.65. The molecule has 1 atom stereocenters. The highest BCUT2D eigenvalue weighted by atomic mass is 16.6. The van der Waals surface area contributed by atoms with E-state index in [1.54, 1.807) is 46.7 Å². The normalized spacial score (nSPS) is 22.2. The number of likely N-dealkylation sites (tertiary alicyclic amines) is 1. The van der Waals surface area contributed by atoms with E-state index < -0.39 is 23.6 Å². The Labute approximate surface area is 119 Å². The summed E-state index contributed by atoms with van der Waals surface area (Å²) in [5.74, 6) is -0.854. The first-order valence-corrected chi connectivity index (χ1v) is 6.51. The summed E-state index contributed by atoms with van der Waals surface area (Å²) < 4.78 is 5.22. The Balaban J connectivity index is 3.04. The molecule has 0 aromatic heterocycles. The molecule has 0 spiro atoms. The molecule has 112 valence electrons. The Kier molecular flexibility index (Phi) is 4.57. The zero-order valence-electron chi connectivity index (χ0n) is 12.9. The quantitative estimate of drug-likeness (QED) is 0.539. The van der Waals surface area contributed by atoms with Crippen LogP contribution in [0.5, 0.6) is 0 Å². The Morgan fingerprint density at radius 3 is 2.35 bits per heavy atom. The SMILES string of the molecule is CC1CC(=O)/C(=C\N(C)C)C(=O)N1C(=O)OC(C)(C)C. The predicted octanol–water partition coefficient (Wildman–Crippen LogP) is 1.56. The number of Topliss-reactive ketones (excluding diaryl/α,β-unsaturated/α-hetero) is 1. The van der Waals surface area contributed by atoms with E-state index >= 15 is 0 Å². The minimum Gasteiger partial charge on any atom is -0.443 e. The average Bonchev–Trinajstić information content (AvgIpc) is 2.20. The predicted molar refractivity (Wildman–Crippen MR) is 73.9 cm³/mol. The van der Waals surface area contributed by atoms with Gasteiger partial charge in [0.2, 0.25) is 0 Å². The lowest BCUT2D eigenvalue weighted by Crippen LogP contribution is -2.51. The van der Waals surface area contributed by atoms with Gasteiger partial charge in [-0.1, -0.05) is 0 Å². The lowest BCUT2D eigenvalue weighted by atomic mass is 9.97. The number of ether oxygens (including phenoxy) is 1. The second-order valence-corrected chi connectivity index (χ2v) is 6.14. The van der Waals surface area contributed by atoms with Gasteiger partial charge in [-0.15, -0.1) is 0 Å². The van der Waals surface area contributed by atoms with Crippen molar-refractivity contribution in [3.05, 3.63) is 11.8 Å². The van der Waals surface area contributed by atoms with Crippen LogP contribution in [0.4, 0.5) is 4.79 Å². The molecule has 1 aliphatic heterocycles. The standard InChI is InChI=1S/C14H22N2O4/c1-9-7-11(17)10(8-15(5)6)12(18)16(9)13(19)20-14(2,3)4/h8-9H,7H2,1-6H3/b10-8+. The first-order chi connectivity index (χ1) is 9.03. The second-order valence-electron chi connectivity index (χ2n) is 6.14. The van der Waals surface area contributed by atoms with E-state index in [-0.39, 0.29) is 17.8 Å². The molecule has 2 amide bonds. The number of piperidine rings is 1. The zero-order chi connectivity index (χ0) is 15.7. The fraction of sp³-hybridized carbons (Fsp3) is 0.643. The Hall–Kier alpha value is -1.85. The van der Waals surface area contributed by atoms with E-state index in [2.05, 4.69) is 0 Å². The number of hydrogen-bond donors (Lipinski definition) is 0. The zero-order valence-corrected chi connectivity index (χ0v) is 12.9. The second kappa shape index (κ2) is 5.64. The fourth-order valence-corrected chi connectivity index (χ4v) is 1.88. The van der Waals surface area contributed by atoms with Crippen molar-refractivity contribution < 1.29 is 19.1 Å². The molecule has 1 heterocycles. The van der Waals surface area contributed by atoms with Gasteiger partial charge in [-0.3, -0.25) is 9.59 Å². The van der Waals surface area contributed by atoms with E-state index in [1.807, 2.05) is 0 Å². The topological polar surface area (TPSA) is 66.9 Å². The van der Waals surface area contributed by atoms with Crippen LogP contribution >= 0.6 is 0 Å². The summed E-state index contributed by atoms with van der Waals surface area (Å²) >= 11 is 0. The summed E-state index contributed by atoms with van der Waals surface area (Å²) in [5, 5.41) is 0. The minimum atomic E-state index is -0.716. The summed E-state index contributed by atoms with van der Waals surface area (Å²) in [4.78, 5) is 39.0. The van der Waals surface area contributed by atoms with Gasteiger partial charge in [0.05, 0.1) is 5.57 Å². The Bertz CT molecular complexity index is 460. The molecule has 0 aromatic carbocycles. The van der Waals surface area contributed by atoms with Gasteiger partial charge < -0.3 is 9.64 Å². The molecule has 0 aromatic rings. The monoisotopic (exact) mass is 282 g/mol. The summed E-state index contributed by atoms with van der Waals surface area (Å²) in [6.07, 6.45) is 0.839. The third-order valence-electron chi connectivity index (χ3n) is 2.65. The van der Waals surface area contributed by atoms with Crippen LogP contribution in [0, 0.1) is 0 Å². The highest BCUT2D eigenvalue weighted by Gasteiger charge is 2.40. The van der Waals surface area contributed by atoms with Gasteiger partial charge in [-0.2, -0.15) is 0 Å². The van der Waals surface area contributed by atoms with Crippen LogP contribution in [-0.2, 0) is 14.3 Å². The van der Waals surface area contributed by atoms with Crippen molar-refractivity contribution >= 4 is 17.8 Å². The first-order valence-electron chi connectivity index (χ1n) is 6.51. The molecule has 6 heteroatoms. The van der Waals surface area contributed by atoms with Crippen molar-refractivity contribution in [3.8, 4) is 0 Å². The van der Waals surface area contributed by atoms with Gasteiger partial charge in [0, 0.05) is 32.8 Å². The van der Waals surface area contributed by atoms with Gasteiger partial charge in [0.15, 0.2) is 5.78 Å². The van der Waals surface area contributed by atoms with E-state index in [4.69, 9.17) is 4.74 Å². The van der Waals surface area contributed by atoms with E-state index in [9.17, 15) is 14.4 Å². The maximum atomic E-state index is 12.3. The maximum Gasteiger partial charge on any atom is 0.417 e. The molecular weight excluding hydrogens is 260 g/mol.